The quantitative estimate of drug-likeness (QED) is 0.344. The van der Waals surface area contributed by atoms with E-state index in [1.807, 2.05) is 67.5 Å². The average molecular weight is 514 g/mol. The number of benzene rings is 3. The Morgan fingerprint density at radius 2 is 1.66 bits per heavy atom. The standard InChI is InChI=1S/C32H33FN2O3/c1-34(2)28-12-10-25(11-13-28)24-7-3-21(4-8-24)20-35(32(38)30-18-22-5-9-26(30)15-22)29-17-23(6-14-31(36)37)16-27(33)19-29/h3-4,6-8,10-14,16-17,19,22,26,30H,5,9,15,18,20H2,1-2H3,(H,36,37)/b14-6+/t22-,26+,30-/m1/s1/i20D/t20-,22-,26+,30-. The maximum absolute atomic E-state index is 14.7. The minimum absolute atomic E-state index is 0.163. The van der Waals surface area contributed by atoms with Crippen LogP contribution in [0.5, 0.6) is 0 Å². The largest absolute Gasteiger partial charge is 0.478 e. The van der Waals surface area contributed by atoms with Gasteiger partial charge in [0, 0.05) is 37.5 Å². The molecular formula is C32H33FN2O3. The molecule has 1 amide bonds. The first-order chi connectivity index (χ1) is 18.7. The summed E-state index contributed by atoms with van der Waals surface area (Å²) in [5.41, 5.74) is 4.34. The van der Waals surface area contributed by atoms with Gasteiger partial charge in [-0.1, -0.05) is 42.8 Å². The van der Waals surface area contributed by atoms with Crippen molar-refractivity contribution in [1.82, 2.24) is 0 Å². The van der Waals surface area contributed by atoms with E-state index in [4.69, 9.17) is 6.48 Å². The Morgan fingerprint density at radius 1 is 0.974 bits per heavy atom. The Morgan fingerprint density at radius 3 is 2.24 bits per heavy atom. The molecule has 0 spiro atoms. The molecule has 0 saturated heterocycles. The van der Waals surface area contributed by atoms with E-state index in [2.05, 4.69) is 0 Å². The number of nitrogens with zero attached hydrogens (tertiary/aromatic N) is 2. The average Bonchev–Trinajstić information content (AvgIpc) is 3.56. The highest BCUT2D eigenvalue weighted by molar-refractivity contribution is 5.96. The molecule has 5 nitrogen and oxygen atoms in total. The molecule has 5 rings (SSSR count). The molecule has 196 valence electrons. The van der Waals surface area contributed by atoms with Crippen LogP contribution in [0.3, 0.4) is 0 Å². The third kappa shape index (κ3) is 5.64. The van der Waals surface area contributed by atoms with E-state index in [9.17, 15) is 14.0 Å². The summed E-state index contributed by atoms with van der Waals surface area (Å²) >= 11 is 0. The zero-order chi connectivity index (χ0) is 27.7. The number of halogens is 1. The van der Waals surface area contributed by atoms with Gasteiger partial charge in [0.15, 0.2) is 0 Å². The summed E-state index contributed by atoms with van der Waals surface area (Å²) in [6.07, 6.45) is 6.21. The normalized spacial score (nSPS) is 21.3. The highest BCUT2D eigenvalue weighted by Gasteiger charge is 2.44. The van der Waals surface area contributed by atoms with E-state index in [0.717, 1.165) is 48.6 Å². The minimum atomic E-state index is -1.15. The van der Waals surface area contributed by atoms with Crippen LogP contribution < -0.4 is 9.80 Å². The van der Waals surface area contributed by atoms with Gasteiger partial charge < -0.3 is 14.9 Å². The number of carboxylic acid groups (broad SMARTS) is 1. The Hall–Kier alpha value is -3.93. The van der Waals surface area contributed by atoms with Gasteiger partial charge in [-0.3, -0.25) is 4.79 Å². The lowest BCUT2D eigenvalue weighted by Gasteiger charge is -2.30. The lowest BCUT2D eigenvalue weighted by molar-refractivity contribution is -0.131. The van der Waals surface area contributed by atoms with Crippen LogP contribution in [0.1, 0.15) is 38.2 Å². The van der Waals surface area contributed by atoms with Crippen molar-refractivity contribution in [1.29, 1.82) is 0 Å². The van der Waals surface area contributed by atoms with Crippen molar-refractivity contribution in [3.05, 3.63) is 89.8 Å². The van der Waals surface area contributed by atoms with Crippen LogP contribution in [0.25, 0.3) is 17.2 Å². The number of fused-ring (bicyclic) bond motifs is 2. The Bertz CT molecular complexity index is 1390. The van der Waals surface area contributed by atoms with Crippen LogP contribution in [0.2, 0.25) is 0 Å². The van der Waals surface area contributed by atoms with Gasteiger partial charge in [-0.2, -0.15) is 0 Å². The molecule has 0 aliphatic heterocycles. The highest BCUT2D eigenvalue weighted by Crippen LogP contribution is 2.49. The molecule has 0 aromatic heterocycles. The van der Waals surface area contributed by atoms with Crippen molar-refractivity contribution in [2.24, 2.45) is 17.8 Å². The number of aliphatic carboxylic acids is 1. The molecule has 2 bridgehead atoms. The smallest absolute Gasteiger partial charge is 0.328 e. The molecule has 4 atom stereocenters. The van der Waals surface area contributed by atoms with Gasteiger partial charge in [0.1, 0.15) is 5.82 Å². The van der Waals surface area contributed by atoms with Crippen molar-refractivity contribution in [2.75, 3.05) is 23.9 Å². The summed E-state index contributed by atoms with van der Waals surface area (Å²) in [5, 5.41) is 9.02. The Kier molecular flexibility index (Phi) is 6.95. The molecule has 1 N–H and O–H groups in total. The number of carboxylic acids is 1. The molecule has 2 fully saturated rings. The van der Waals surface area contributed by atoms with Gasteiger partial charge in [-0.25, -0.2) is 9.18 Å². The summed E-state index contributed by atoms with van der Waals surface area (Å²) in [6, 6.07) is 19.8. The topological polar surface area (TPSA) is 60.9 Å². The second kappa shape index (κ2) is 10.8. The zero-order valence-electron chi connectivity index (χ0n) is 22.7. The van der Waals surface area contributed by atoms with Crippen molar-refractivity contribution in [3.63, 3.8) is 0 Å². The van der Waals surface area contributed by atoms with Crippen LogP contribution in [0, 0.1) is 23.6 Å². The monoisotopic (exact) mass is 513 g/mol. The molecular weight excluding hydrogens is 479 g/mol. The predicted octanol–water partition coefficient (Wildman–Crippen LogP) is 6.63. The van der Waals surface area contributed by atoms with E-state index in [1.165, 1.54) is 23.1 Å². The van der Waals surface area contributed by atoms with E-state index < -0.39 is 18.3 Å². The number of carbonyl (C=O) groups excluding carboxylic acids is 1. The fourth-order valence-corrected chi connectivity index (χ4v) is 5.85. The number of rotatable bonds is 8. The van der Waals surface area contributed by atoms with E-state index >= 15 is 0 Å². The summed E-state index contributed by atoms with van der Waals surface area (Å²) in [4.78, 5) is 28.4. The van der Waals surface area contributed by atoms with Crippen LogP contribution >= 0.6 is 0 Å². The van der Waals surface area contributed by atoms with Crippen molar-refractivity contribution >= 4 is 29.3 Å². The first-order valence-electron chi connectivity index (χ1n) is 13.6. The van der Waals surface area contributed by atoms with Crippen LogP contribution in [0.4, 0.5) is 15.8 Å². The Labute approximate surface area is 224 Å². The predicted molar refractivity (Wildman–Crippen MR) is 149 cm³/mol. The molecule has 0 unspecified atom stereocenters. The summed E-state index contributed by atoms with van der Waals surface area (Å²) < 4.78 is 23.9. The van der Waals surface area contributed by atoms with Crippen LogP contribution in [-0.4, -0.2) is 31.1 Å². The number of anilines is 2. The fourth-order valence-electron chi connectivity index (χ4n) is 5.85. The summed E-state index contributed by atoms with van der Waals surface area (Å²) in [5.74, 6) is -1.26. The molecule has 2 aliphatic carbocycles. The molecule has 0 radical (unpaired) electrons. The number of carbonyl (C=O) groups is 2. The molecule has 3 aromatic carbocycles. The minimum Gasteiger partial charge on any atom is -0.478 e. The molecule has 6 heteroatoms. The van der Waals surface area contributed by atoms with Gasteiger partial charge in [0.25, 0.3) is 0 Å². The van der Waals surface area contributed by atoms with Gasteiger partial charge in [0.05, 0.1) is 7.89 Å². The van der Waals surface area contributed by atoms with Crippen molar-refractivity contribution < 1.29 is 20.5 Å². The van der Waals surface area contributed by atoms with Gasteiger partial charge in [0.2, 0.25) is 5.91 Å². The van der Waals surface area contributed by atoms with Gasteiger partial charge >= 0.3 is 5.97 Å². The van der Waals surface area contributed by atoms with Gasteiger partial charge in [-0.15, -0.1) is 0 Å². The lowest BCUT2D eigenvalue weighted by Crippen LogP contribution is -2.38. The Balaban J connectivity index is 1.48. The molecule has 3 aromatic rings. The van der Waals surface area contributed by atoms with Crippen LogP contribution in [0.15, 0.2) is 72.8 Å². The first-order valence-corrected chi connectivity index (χ1v) is 13.0. The maximum Gasteiger partial charge on any atom is 0.328 e. The number of hydrogen-bond acceptors (Lipinski definition) is 3. The van der Waals surface area contributed by atoms with Crippen molar-refractivity contribution in [3.8, 4) is 11.1 Å². The van der Waals surface area contributed by atoms with Crippen LogP contribution in [-0.2, 0) is 16.1 Å². The van der Waals surface area contributed by atoms with E-state index in [-0.39, 0.29) is 17.5 Å². The molecule has 38 heavy (non-hydrogen) atoms. The zero-order valence-corrected chi connectivity index (χ0v) is 21.7. The van der Waals surface area contributed by atoms with E-state index in [0.29, 0.717) is 23.0 Å². The van der Waals surface area contributed by atoms with E-state index in [1.54, 1.807) is 6.07 Å². The lowest BCUT2D eigenvalue weighted by atomic mass is 9.87. The first kappa shape index (κ1) is 24.4. The molecule has 2 aliphatic rings. The second-order valence-corrected chi connectivity index (χ2v) is 10.6. The maximum atomic E-state index is 14.7. The molecule has 2 saturated carbocycles. The highest BCUT2D eigenvalue weighted by atomic mass is 19.1. The SMILES string of the molecule is [2H][C@H](c1ccc(-c2ccc(N(C)C)cc2)cc1)N(C(=O)[C@@H]1C[C@@H]2CC[C@H]1C2)c1cc(F)cc(/C=C/C(=O)O)c1. The fraction of sp³-hybridized carbons (Fsp3) is 0.312. The summed E-state index contributed by atoms with van der Waals surface area (Å²) in [7, 11) is 3.98. The van der Waals surface area contributed by atoms with Crippen molar-refractivity contribution in [2.45, 2.75) is 32.2 Å². The number of amides is 1. The third-order valence-electron chi connectivity index (χ3n) is 7.80. The second-order valence-electron chi connectivity index (χ2n) is 10.6. The third-order valence-corrected chi connectivity index (χ3v) is 7.80. The van der Waals surface area contributed by atoms with Gasteiger partial charge in [-0.05, 0) is 89.8 Å². The number of hydrogen-bond donors (Lipinski definition) is 1. The summed E-state index contributed by atoms with van der Waals surface area (Å²) in [6.45, 7) is -1.08. The molecule has 0 heterocycles.